The zero-order valence-electron chi connectivity index (χ0n) is 17.2. The first kappa shape index (κ1) is 19.7. The first-order valence-corrected chi connectivity index (χ1v) is 11.6. The van der Waals surface area contributed by atoms with Crippen LogP contribution in [0.3, 0.4) is 0 Å². The van der Waals surface area contributed by atoms with Crippen molar-refractivity contribution in [3.8, 4) is 11.1 Å². The van der Waals surface area contributed by atoms with E-state index in [0.29, 0.717) is 22.5 Å². The molecule has 0 radical (unpaired) electrons. The zero-order chi connectivity index (χ0) is 21.0. The molecule has 6 rings (SSSR count). The molecule has 4 nitrogen and oxygen atoms in total. The maximum absolute atomic E-state index is 13.3. The number of anilines is 1. The number of rotatable bonds is 5. The number of aryl methyl sites for hydroxylation is 1. The fourth-order valence-corrected chi connectivity index (χ4v) is 7.95. The quantitative estimate of drug-likeness (QED) is 0.662. The third-order valence-electron chi connectivity index (χ3n) is 7.42. The minimum atomic E-state index is -0.580. The Kier molecular flexibility index (Phi) is 4.73. The third-order valence-corrected chi connectivity index (χ3v) is 8.44. The summed E-state index contributed by atoms with van der Waals surface area (Å²) in [4.78, 5) is 26.2. The average molecular weight is 427 g/mol. The Labute approximate surface area is 180 Å². The van der Waals surface area contributed by atoms with Crippen molar-refractivity contribution in [3.63, 3.8) is 0 Å². The summed E-state index contributed by atoms with van der Waals surface area (Å²) in [6, 6.07) is 6.00. The molecule has 0 aliphatic heterocycles. The van der Waals surface area contributed by atoms with Crippen LogP contribution in [0, 0.1) is 35.9 Å². The lowest BCUT2D eigenvalue weighted by Crippen LogP contribution is -2.47. The first-order chi connectivity index (χ1) is 14.3. The van der Waals surface area contributed by atoms with Crippen molar-refractivity contribution in [1.82, 2.24) is 0 Å². The molecule has 6 heteroatoms. The third kappa shape index (κ3) is 3.45. The molecule has 0 saturated heterocycles. The molecule has 4 aliphatic carbocycles. The molecule has 4 fully saturated rings. The van der Waals surface area contributed by atoms with E-state index in [0.717, 1.165) is 28.2 Å². The van der Waals surface area contributed by atoms with Crippen LogP contribution >= 0.6 is 11.3 Å². The smallest absolute Gasteiger partial charge is 0.252 e. The van der Waals surface area contributed by atoms with Gasteiger partial charge in [-0.25, -0.2) is 4.39 Å². The molecule has 4 saturated carbocycles. The van der Waals surface area contributed by atoms with Crippen molar-refractivity contribution in [2.24, 2.45) is 28.9 Å². The summed E-state index contributed by atoms with van der Waals surface area (Å²) in [5.41, 5.74) is 7.56. The van der Waals surface area contributed by atoms with Crippen LogP contribution in [-0.2, 0) is 4.79 Å². The number of carbonyl (C=O) groups excluding carboxylic acids is 2. The van der Waals surface area contributed by atoms with Crippen molar-refractivity contribution in [2.75, 3.05) is 5.32 Å². The highest BCUT2D eigenvalue weighted by molar-refractivity contribution is 7.17. The van der Waals surface area contributed by atoms with E-state index in [1.165, 1.54) is 62.0 Å². The Balaban J connectivity index is 1.40. The van der Waals surface area contributed by atoms with Crippen LogP contribution < -0.4 is 11.1 Å². The average Bonchev–Trinajstić information content (AvgIpc) is 2.96. The van der Waals surface area contributed by atoms with Gasteiger partial charge in [0.25, 0.3) is 5.91 Å². The number of carbonyl (C=O) groups is 2. The van der Waals surface area contributed by atoms with Gasteiger partial charge in [0, 0.05) is 16.9 Å². The maximum Gasteiger partial charge on any atom is 0.252 e. The number of nitrogens with two attached hydrogens (primary N) is 1. The summed E-state index contributed by atoms with van der Waals surface area (Å²) in [7, 11) is 0. The molecular weight excluding hydrogens is 399 g/mol. The second-order valence-electron chi connectivity index (χ2n) is 9.75. The van der Waals surface area contributed by atoms with Gasteiger partial charge in [-0.3, -0.25) is 9.59 Å². The van der Waals surface area contributed by atoms with Gasteiger partial charge in [-0.1, -0.05) is 12.1 Å². The minimum absolute atomic E-state index is 0.0219. The number of halogens is 1. The number of nitrogens with one attached hydrogen (secondary N) is 1. The second kappa shape index (κ2) is 7.19. The zero-order valence-corrected chi connectivity index (χ0v) is 18.0. The second-order valence-corrected chi connectivity index (χ2v) is 11.0. The number of hydrogen-bond acceptors (Lipinski definition) is 3. The van der Waals surface area contributed by atoms with Gasteiger partial charge in [-0.2, -0.15) is 0 Å². The SMILES string of the molecule is Cc1sc(NC(=O)CC23CC4CC(CC(C4)C2)C3)c(C(N)=O)c1-c1ccc(F)cc1. The topological polar surface area (TPSA) is 72.2 Å². The Hall–Kier alpha value is -2.21. The van der Waals surface area contributed by atoms with E-state index < -0.39 is 5.91 Å². The molecule has 30 heavy (non-hydrogen) atoms. The van der Waals surface area contributed by atoms with Crippen LogP contribution in [-0.4, -0.2) is 11.8 Å². The molecular formula is C24H27FN2O2S. The van der Waals surface area contributed by atoms with Crippen LogP contribution in [0.5, 0.6) is 0 Å². The van der Waals surface area contributed by atoms with Crippen molar-refractivity contribution in [1.29, 1.82) is 0 Å². The van der Waals surface area contributed by atoms with Gasteiger partial charge in [0.1, 0.15) is 10.8 Å². The summed E-state index contributed by atoms with van der Waals surface area (Å²) in [6.45, 7) is 1.89. The lowest BCUT2D eigenvalue weighted by Gasteiger charge is -2.56. The minimum Gasteiger partial charge on any atom is -0.365 e. The number of hydrogen-bond donors (Lipinski definition) is 2. The predicted molar refractivity (Wildman–Crippen MR) is 117 cm³/mol. The van der Waals surface area contributed by atoms with E-state index in [-0.39, 0.29) is 17.1 Å². The largest absolute Gasteiger partial charge is 0.365 e. The molecule has 1 heterocycles. The van der Waals surface area contributed by atoms with Crippen molar-refractivity contribution >= 4 is 28.2 Å². The normalized spacial score (nSPS) is 29.2. The first-order valence-electron chi connectivity index (χ1n) is 10.8. The van der Waals surface area contributed by atoms with Gasteiger partial charge in [0.2, 0.25) is 5.91 Å². The van der Waals surface area contributed by atoms with Crippen molar-refractivity contribution < 1.29 is 14.0 Å². The Morgan fingerprint density at radius 3 is 2.20 bits per heavy atom. The Morgan fingerprint density at radius 1 is 1.10 bits per heavy atom. The molecule has 4 aliphatic rings. The van der Waals surface area contributed by atoms with E-state index in [1.54, 1.807) is 12.1 Å². The van der Waals surface area contributed by atoms with E-state index in [4.69, 9.17) is 5.73 Å². The standard InChI is InChI=1S/C24H27FN2O2S/c1-13-20(17-2-4-18(25)5-3-17)21(22(26)29)23(30-13)27-19(28)12-24-9-14-6-15(10-24)8-16(7-14)11-24/h2-5,14-16H,6-12H2,1H3,(H2,26,29)(H,27,28). The van der Waals surface area contributed by atoms with Crippen LogP contribution in [0.15, 0.2) is 24.3 Å². The summed E-state index contributed by atoms with van der Waals surface area (Å²) < 4.78 is 13.3. The van der Waals surface area contributed by atoms with Crippen LogP contribution in [0.2, 0.25) is 0 Å². The van der Waals surface area contributed by atoms with Crippen molar-refractivity contribution in [2.45, 2.75) is 51.9 Å². The molecule has 1 aromatic carbocycles. The maximum atomic E-state index is 13.3. The van der Waals surface area contributed by atoms with E-state index in [1.807, 2.05) is 6.92 Å². The van der Waals surface area contributed by atoms with E-state index in [9.17, 15) is 14.0 Å². The fourth-order valence-electron chi connectivity index (χ4n) is 6.85. The molecule has 0 spiro atoms. The fraction of sp³-hybridized carbons (Fsp3) is 0.500. The predicted octanol–water partition coefficient (Wildman–Crippen LogP) is 5.51. The molecule has 2 amide bonds. The number of thiophene rings is 1. The summed E-state index contributed by atoms with van der Waals surface area (Å²) in [5.74, 6) is 1.43. The summed E-state index contributed by atoms with van der Waals surface area (Å²) >= 11 is 1.36. The van der Waals surface area contributed by atoms with Gasteiger partial charge in [0.15, 0.2) is 0 Å². The molecule has 0 atom stereocenters. The molecule has 4 bridgehead atoms. The highest BCUT2D eigenvalue weighted by Crippen LogP contribution is 2.61. The van der Waals surface area contributed by atoms with Gasteiger partial charge in [-0.15, -0.1) is 11.3 Å². The van der Waals surface area contributed by atoms with Crippen LogP contribution in [0.1, 0.15) is 60.2 Å². The van der Waals surface area contributed by atoms with Gasteiger partial charge in [0.05, 0.1) is 5.56 Å². The Bertz CT molecular complexity index is 976. The lowest BCUT2D eigenvalue weighted by atomic mass is 9.49. The lowest BCUT2D eigenvalue weighted by molar-refractivity contribution is -0.124. The number of amides is 2. The van der Waals surface area contributed by atoms with Gasteiger partial charge in [-0.05, 0) is 86.3 Å². The van der Waals surface area contributed by atoms with Gasteiger partial charge < -0.3 is 11.1 Å². The molecule has 158 valence electrons. The van der Waals surface area contributed by atoms with E-state index >= 15 is 0 Å². The van der Waals surface area contributed by atoms with Crippen LogP contribution in [0.4, 0.5) is 9.39 Å². The monoisotopic (exact) mass is 426 g/mol. The number of primary amides is 1. The Morgan fingerprint density at radius 2 is 1.67 bits per heavy atom. The van der Waals surface area contributed by atoms with E-state index in [2.05, 4.69) is 5.32 Å². The molecule has 0 unspecified atom stereocenters. The summed E-state index contributed by atoms with van der Waals surface area (Å²) in [5, 5.41) is 3.52. The number of benzene rings is 1. The molecule has 1 aromatic heterocycles. The summed E-state index contributed by atoms with van der Waals surface area (Å²) in [6.07, 6.45) is 8.06. The van der Waals surface area contributed by atoms with Gasteiger partial charge >= 0.3 is 0 Å². The molecule has 2 aromatic rings. The molecule has 3 N–H and O–H groups in total. The highest BCUT2D eigenvalue weighted by atomic mass is 32.1. The van der Waals surface area contributed by atoms with Crippen molar-refractivity contribution in [3.05, 3.63) is 40.5 Å². The highest BCUT2D eigenvalue weighted by Gasteiger charge is 2.51. The van der Waals surface area contributed by atoms with Crippen LogP contribution in [0.25, 0.3) is 11.1 Å².